The fraction of sp³-hybridized carbons (Fsp3) is 0.278. The Kier molecular flexibility index (Phi) is 5.62. The number of halogens is 1. The molecule has 3 rings (SSSR count). The zero-order valence-electron chi connectivity index (χ0n) is 14.1. The van der Waals surface area contributed by atoms with Crippen molar-refractivity contribution < 1.29 is 13.2 Å². The molecule has 1 atom stereocenters. The Bertz CT molecular complexity index is 917. The third-order valence-electron chi connectivity index (χ3n) is 4.31. The highest BCUT2D eigenvalue weighted by Gasteiger charge is 2.29. The van der Waals surface area contributed by atoms with Crippen LogP contribution in [0.3, 0.4) is 0 Å². The van der Waals surface area contributed by atoms with E-state index in [9.17, 15) is 13.2 Å². The summed E-state index contributed by atoms with van der Waals surface area (Å²) in [6.07, 6.45) is 0. The minimum absolute atomic E-state index is 0.160. The van der Waals surface area contributed by atoms with Crippen LogP contribution in [0.5, 0.6) is 0 Å². The summed E-state index contributed by atoms with van der Waals surface area (Å²) in [7, 11) is -3.66. The third-order valence-corrected chi connectivity index (χ3v) is 5.39. The van der Waals surface area contributed by atoms with Crippen LogP contribution in [0.1, 0.15) is 27.5 Å². The van der Waals surface area contributed by atoms with Gasteiger partial charge in [0.1, 0.15) is 0 Å². The highest BCUT2D eigenvalue weighted by Crippen LogP contribution is 2.29. The van der Waals surface area contributed by atoms with Crippen LogP contribution in [0.2, 0.25) is 5.02 Å². The highest BCUT2D eigenvalue weighted by atomic mass is 35.5. The van der Waals surface area contributed by atoms with E-state index >= 15 is 0 Å². The molecule has 0 aromatic heterocycles. The maximum Gasteiger partial charge on any atom is 0.254 e. The van der Waals surface area contributed by atoms with Gasteiger partial charge in [0.15, 0.2) is 0 Å². The van der Waals surface area contributed by atoms with Crippen LogP contribution >= 0.6 is 11.6 Å². The zero-order chi connectivity index (χ0) is 18.7. The molecule has 0 bridgehead atoms. The summed E-state index contributed by atoms with van der Waals surface area (Å²) in [5, 5.41) is 9.01. The van der Waals surface area contributed by atoms with Crippen LogP contribution in [0, 0.1) is 0 Å². The molecular formula is C18H20ClN3O3S. The molecule has 0 spiro atoms. The zero-order valence-corrected chi connectivity index (χ0v) is 15.6. The van der Waals surface area contributed by atoms with E-state index in [1.807, 2.05) is 18.2 Å². The molecule has 1 heterocycles. The van der Waals surface area contributed by atoms with Gasteiger partial charge in [-0.05, 0) is 29.3 Å². The lowest BCUT2D eigenvalue weighted by molar-refractivity contribution is 0.0634. The van der Waals surface area contributed by atoms with Crippen LogP contribution < -0.4 is 10.5 Å². The van der Waals surface area contributed by atoms with Crippen molar-refractivity contribution in [3.05, 3.63) is 70.2 Å². The summed E-state index contributed by atoms with van der Waals surface area (Å²) in [6.45, 7) is 1.82. The number of nitrogens with zero attached hydrogens (tertiary/aromatic N) is 1. The van der Waals surface area contributed by atoms with Crippen LogP contribution in [0.25, 0.3) is 0 Å². The molecule has 1 amide bonds. The standard InChI is InChI=1S/C18H20ClN3O3S/c19-16-7-2-1-6-15(16)17-11-21-8-9-22(17)18(23)14-5-3-4-13(10-14)12-26(20,24)25/h1-7,10,17,21H,8-9,11-12H2,(H2,20,24,25). The quantitative estimate of drug-likeness (QED) is 0.829. The van der Waals surface area contributed by atoms with Crippen molar-refractivity contribution in [2.24, 2.45) is 5.14 Å². The number of nitrogens with two attached hydrogens (primary N) is 1. The number of hydrogen-bond donors (Lipinski definition) is 2. The Morgan fingerprint density at radius 1 is 1.23 bits per heavy atom. The summed E-state index contributed by atoms with van der Waals surface area (Å²) in [5.41, 5.74) is 1.81. The molecular weight excluding hydrogens is 374 g/mol. The summed E-state index contributed by atoms with van der Waals surface area (Å²) in [4.78, 5) is 14.9. The first-order chi connectivity index (χ1) is 12.3. The average Bonchev–Trinajstić information content (AvgIpc) is 2.60. The number of sulfonamides is 1. The van der Waals surface area contributed by atoms with E-state index in [1.54, 1.807) is 35.2 Å². The second-order valence-electron chi connectivity index (χ2n) is 6.25. The van der Waals surface area contributed by atoms with Crippen LogP contribution in [-0.4, -0.2) is 38.9 Å². The predicted octanol–water partition coefficient (Wildman–Crippen LogP) is 1.92. The van der Waals surface area contributed by atoms with Crippen LogP contribution in [0.4, 0.5) is 0 Å². The fourth-order valence-electron chi connectivity index (χ4n) is 3.16. The Labute approximate surface area is 158 Å². The molecule has 1 fully saturated rings. The fourth-order valence-corrected chi connectivity index (χ4v) is 4.07. The molecule has 3 N–H and O–H groups in total. The number of nitrogens with one attached hydrogen (secondary N) is 1. The summed E-state index contributed by atoms with van der Waals surface area (Å²) < 4.78 is 22.6. The number of piperazine rings is 1. The SMILES string of the molecule is NS(=O)(=O)Cc1cccc(C(=O)N2CCNCC2c2ccccc2Cl)c1. The smallest absolute Gasteiger partial charge is 0.254 e. The van der Waals surface area contributed by atoms with Gasteiger partial charge in [0, 0.05) is 30.2 Å². The lowest BCUT2D eigenvalue weighted by Gasteiger charge is -2.37. The molecule has 8 heteroatoms. The second kappa shape index (κ2) is 7.75. The van der Waals surface area contributed by atoms with Gasteiger partial charge in [0.05, 0.1) is 11.8 Å². The Morgan fingerprint density at radius 2 is 2.00 bits per heavy atom. The molecule has 0 aliphatic carbocycles. The predicted molar refractivity (Wildman–Crippen MR) is 101 cm³/mol. The lowest BCUT2D eigenvalue weighted by Crippen LogP contribution is -2.48. The Hall–Kier alpha value is -1.93. The average molecular weight is 394 g/mol. The van der Waals surface area contributed by atoms with E-state index in [1.165, 1.54) is 0 Å². The summed E-state index contributed by atoms with van der Waals surface area (Å²) in [6, 6.07) is 13.9. The first-order valence-electron chi connectivity index (χ1n) is 8.21. The molecule has 1 aliphatic rings. The second-order valence-corrected chi connectivity index (χ2v) is 8.27. The maximum atomic E-state index is 13.1. The highest BCUT2D eigenvalue weighted by molar-refractivity contribution is 7.88. The molecule has 1 aliphatic heterocycles. The van der Waals surface area contributed by atoms with Gasteiger partial charge < -0.3 is 10.2 Å². The van der Waals surface area contributed by atoms with Crippen LogP contribution in [0.15, 0.2) is 48.5 Å². The van der Waals surface area contributed by atoms with Gasteiger partial charge in [-0.3, -0.25) is 4.79 Å². The molecule has 6 nitrogen and oxygen atoms in total. The molecule has 26 heavy (non-hydrogen) atoms. The van der Waals surface area contributed by atoms with Crippen molar-refractivity contribution in [3.63, 3.8) is 0 Å². The molecule has 138 valence electrons. The van der Waals surface area contributed by atoms with Gasteiger partial charge in [-0.25, -0.2) is 13.6 Å². The largest absolute Gasteiger partial charge is 0.329 e. The van der Waals surface area contributed by atoms with E-state index in [-0.39, 0.29) is 17.7 Å². The van der Waals surface area contributed by atoms with E-state index in [4.69, 9.17) is 16.7 Å². The topological polar surface area (TPSA) is 92.5 Å². The summed E-state index contributed by atoms with van der Waals surface area (Å²) >= 11 is 6.33. The Morgan fingerprint density at radius 3 is 2.73 bits per heavy atom. The van der Waals surface area contributed by atoms with Crippen molar-refractivity contribution in [2.75, 3.05) is 19.6 Å². The minimum atomic E-state index is -3.66. The molecule has 0 saturated carbocycles. The van der Waals surface area contributed by atoms with Crippen LogP contribution in [-0.2, 0) is 15.8 Å². The van der Waals surface area contributed by atoms with E-state index in [2.05, 4.69) is 5.32 Å². The van der Waals surface area contributed by atoms with Crippen molar-refractivity contribution >= 4 is 27.5 Å². The first-order valence-corrected chi connectivity index (χ1v) is 10.3. The third kappa shape index (κ3) is 4.42. The van der Waals surface area contributed by atoms with Crippen molar-refractivity contribution in [1.29, 1.82) is 0 Å². The monoisotopic (exact) mass is 393 g/mol. The van der Waals surface area contributed by atoms with Crippen molar-refractivity contribution in [2.45, 2.75) is 11.8 Å². The van der Waals surface area contributed by atoms with Gasteiger partial charge >= 0.3 is 0 Å². The van der Waals surface area contributed by atoms with E-state index in [0.717, 1.165) is 5.56 Å². The number of carbonyl (C=O) groups excluding carboxylic acids is 1. The number of amides is 1. The number of rotatable bonds is 4. The number of hydrogen-bond acceptors (Lipinski definition) is 4. The van der Waals surface area contributed by atoms with E-state index in [0.29, 0.717) is 35.8 Å². The summed E-state index contributed by atoms with van der Waals surface area (Å²) in [5.74, 6) is -0.462. The van der Waals surface area contributed by atoms with Gasteiger partial charge in [-0.2, -0.15) is 0 Å². The molecule has 1 saturated heterocycles. The van der Waals surface area contributed by atoms with Crippen molar-refractivity contribution in [3.8, 4) is 0 Å². The lowest BCUT2D eigenvalue weighted by atomic mass is 10.0. The number of primary sulfonamides is 1. The molecule has 2 aromatic carbocycles. The normalized spacial score (nSPS) is 17.9. The minimum Gasteiger partial charge on any atom is -0.329 e. The molecule has 2 aromatic rings. The number of carbonyl (C=O) groups is 1. The van der Waals surface area contributed by atoms with E-state index < -0.39 is 10.0 Å². The van der Waals surface area contributed by atoms with Gasteiger partial charge in [0.2, 0.25) is 10.0 Å². The van der Waals surface area contributed by atoms with Gasteiger partial charge in [0.25, 0.3) is 5.91 Å². The van der Waals surface area contributed by atoms with Crippen molar-refractivity contribution in [1.82, 2.24) is 10.2 Å². The molecule has 0 radical (unpaired) electrons. The Balaban J connectivity index is 1.90. The first kappa shape index (κ1) is 18.8. The molecule has 1 unspecified atom stereocenters. The van der Waals surface area contributed by atoms with Gasteiger partial charge in [-0.15, -0.1) is 0 Å². The maximum absolute atomic E-state index is 13.1. The number of benzene rings is 2. The van der Waals surface area contributed by atoms with Gasteiger partial charge in [-0.1, -0.05) is 41.9 Å².